The van der Waals surface area contributed by atoms with Crippen LogP contribution in [0.4, 0.5) is 0 Å². The Bertz CT molecular complexity index is 799. The highest BCUT2D eigenvalue weighted by Crippen LogP contribution is 2.44. The van der Waals surface area contributed by atoms with Gasteiger partial charge in [-0.2, -0.15) is 0 Å². The molecule has 2 aromatic carbocycles. The Morgan fingerprint density at radius 3 is 2.25 bits per heavy atom. The number of carboxylic acids is 1. The first-order chi connectivity index (χ1) is 13.3. The minimum atomic E-state index is -2.25. The summed E-state index contributed by atoms with van der Waals surface area (Å²) in [4.78, 5) is 12.3. The van der Waals surface area contributed by atoms with E-state index in [1.165, 1.54) is 5.19 Å². The molecule has 1 N–H and O–H groups in total. The van der Waals surface area contributed by atoms with Crippen LogP contribution in [0.1, 0.15) is 19.4 Å². The van der Waals surface area contributed by atoms with Crippen LogP contribution in [0, 0.1) is 0 Å². The molecule has 2 aromatic rings. The second-order valence-electron chi connectivity index (χ2n) is 7.65. The fourth-order valence-electron chi connectivity index (χ4n) is 3.54. The van der Waals surface area contributed by atoms with Gasteiger partial charge in [0.2, 0.25) is 0 Å². The van der Waals surface area contributed by atoms with Crippen LogP contribution in [0.2, 0.25) is 18.1 Å². The first kappa shape index (κ1) is 21.9. The lowest BCUT2D eigenvalue weighted by atomic mass is 10.0. The zero-order valence-corrected chi connectivity index (χ0v) is 18.3. The molecule has 2 atom stereocenters. The van der Waals surface area contributed by atoms with Crippen LogP contribution in [-0.4, -0.2) is 32.4 Å². The quantitative estimate of drug-likeness (QED) is 0.495. The van der Waals surface area contributed by atoms with Gasteiger partial charge in [-0.3, -0.25) is 0 Å². The standard InChI is InChI=1S/C23H30O4Si/c1-6-16-23(2,28(4,5)20-10-8-7-9-11-20)21(22(24)25)27-17-18-12-14-19(26-3)15-13-18/h6-16,21H,17H2,1-5H3,(H,24,25)/b16-6+/t21-,23-/m1/s1. The van der Waals surface area contributed by atoms with Gasteiger partial charge in [0.1, 0.15) is 5.75 Å². The molecule has 0 unspecified atom stereocenters. The van der Waals surface area contributed by atoms with E-state index in [2.05, 4.69) is 25.2 Å². The summed E-state index contributed by atoms with van der Waals surface area (Å²) in [5.74, 6) is -0.180. The molecule has 5 heteroatoms. The summed E-state index contributed by atoms with van der Waals surface area (Å²) in [6, 6.07) is 17.7. The minimum Gasteiger partial charge on any atom is -0.497 e. The van der Waals surface area contributed by atoms with E-state index in [4.69, 9.17) is 9.47 Å². The van der Waals surface area contributed by atoms with Crippen molar-refractivity contribution in [1.82, 2.24) is 0 Å². The van der Waals surface area contributed by atoms with E-state index in [9.17, 15) is 9.90 Å². The molecular weight excluding hydrogens is 368 g/mol. The van der Waals surface area contributed by atoms with E-state index in [0.29, 0.717) is 0 Å². The molecule has 0 aliphatic heterocycles. The highest BCUT2D eigenvalue weighted by Gasteiger charge is 2.51. The first-order valence-electron chi connectivity index (χ1n) is 9.43. The topological polar surface area (TPSA) is 55.8 Å². The Kier molecular flexibility index (Phi) is 7.21. The lowest BCUT2D eigenvalue weighted by molar-refractivity contribution is -0.153. The summed E-state index contributed by atoms with van der Waals surface area (Å²) in [6.45, 7) is 8.58. The maximum absolute atomic E-state index is 12.3. The smallest absolute Gasteiger partial charge is 0.333 e. The van der Waals surface area contributed by atoms with Crippen LogP contribution in [0.25, 0.3) is 0 Å². The van der Waals surface area contributed by atoms with Crippen molar-refractivity contribution in [3.05, 3.63) is 72.3 Å². The summed E-state index contributed by atoms with van der Waals surface area (Å²) < 4.78 is 11.2. The molecule has 0 bridgehead atoms. The largest absolute Gasteiger partial charge is 0.497 e. The zero-order valence-electron chi connectivity index (χ0n) is 17.3. The van der Waals surface area contributed by atoms with Gasteiger partial charge in [0.05, 0.1) is 21.8 Å². The highest BCUT2D eigenvalue weighted by atomic mass is 28.3. The maximum atomic E-state index is 12.3. The zero-order chi connectivity index (χ0) is 20.8. The Morgan fingerprint density at radius 1 is 1.14 bits per heavy atom. The van der Waals surface area contributed by atoms with Crippen LogP contribution >= 0.6 is 0 Å². The van der Waals surface area contributed by atoms with Gasteiger partial charge in [0.25, 0.3) is 0 Å². The van der Waals surface area contributed by atoms with Crippen LogP contribution in [0.5, 0.6) is 5.75 Å². The molecule has 0 amide bonds. The number of hydrogen-bond acceptors (Lipinski definition) is 3. The number of carboxylic acid groups (broad SMARTS) is 1. The first-order valence-corrected chi connectivity index (χ1v) is 12.4. The predicted octanol–water partition coefficient (Wildman–Crippen LogP) is 4.62. The van der Waals surface area contributed by atoms with Gasteiger partial charge in [-0.1, -0.05) is 79.8 Å². The molecule has 0 radical (unpaired) electrons. The van der Waals surface area contributed by atoms with Crippen LogP contribution < -0.4 is 9.92 Å². The number of ether oxygens (including phenoxy) is 2. The fraction of sp³-hybridized carbons (Fsp3) is 0.348. The number of rotatable bonds is 9. The van der Waals surface area contributed by atoms with Crippen molar-refractivity contribution < 1.29 is 19.4 Å². The van der Waals surface area contributed by atoms with Crippen molar-refractivity contribution in [3.63, 3.8) is 0 Å². The van der Waals surface area contributed by atoms with E-state index >= 15 is 0 Å². The number of aliphatic carboxylic acids is 1. The maximum Gasteiger partial charge on any atom is 0.333 e. The third-order valence-corrected chi connectivity index (χ3v) is 10.6. The van der Waals surface area contributed by atoms with Crippen molar-refractivity contribution >= 4 is 19.2 Å². The van der Waals surface area contributed by atoms with E-state index in [1.807, 2.05) is 68.5 Å². The second kappa shape index (κ2) is 9.21. The minimum absolute atomic E-state index is 0.230. The summed E-state index contributed by atoms with van der Waals surface area (Å²) in [5.41, 5.74) is 0.911. The van der Waals surface area contributed by atoms with Crippen molar-refractivity contribution in [2.24, 2.45) is 0 Å². The lowest BCUT2D eigenvalue weighted by Crippen LogP contribution is -2.57. The van der Waals surface area contributed by atoms with E-state index in [1.54, 1.807) is 7.11 Å². The predicted molar refractivity (Wildman–Crippen MR) is 116 cm³/mol. The van der Waals surface area contributed by atoms with Gasteiger partial charge in [-0.15, -0.1) is 0 Å². The van der Waals surface area contributed by atoms with Crippen molar-refractivity contribution in [1.29, 1.82) is 0 Å². The number of methoxy groups -OCH3 is 1. The molecule has 150 valence electrons. The van der Waals surface area contributed by atoms with E-state index < -0.39 is 25.2 Å². The number of carbonyl (C=O) groups is 1. The van der Waals surface area contributed by atoms with Crippen LogP contribution in [0.15, 0.2) is 66.7 Å². The molecule has 0 aliphatic rings. The van der Waals surface area contributed by atoms with Gasteiger partial charge in [0, 0.05) is 5.04 Å². The SMILES string of the molecule is C/C=C/[C@](C)([C@H](OCc1ccc(OC)cc1)C(=O)O)[Si](C)(C)c1ccccc1. The highest BCUT2D eigenvalue weighted by molar-refractivity contribution is 6.93. The monoisotopic (exact) mass is 398 g/mol. The van der Waals surface area contributed by atoms with Crippen molar-refractivity contribution in [2.75, 3.05) is 7.11 Å². The molecule has 0 aliphatic carbocycles. The molecule has 0 aromatic heterocycles. The summed E-state index contributed by atoms with van der Waals surface area (Å²) in [5, 5.41) is 10.6. The van der Waals surface area contributed by atoms with Crippen LogP contribution in [-0.2, 0) is 16.1 Å². The van der Waals surface area contributed by atoms with Crippen LogP contribution in [0.3, 0.4) is 0 Å². The third kappa shape index (κ3) is 4.54. The Hall–Kier alpha value is -2.37. The molecule has 0 fully saturated rings. The van der Waals surface area contributed by atoms with Gasteiger partial charge in [-0.05, 0) is 24.6 Å². The average molecular weight is 399 g/mol. The number of hydrogen-bond donors (Lipinski definition) is 1. The van der Waals surface area contributed by atoms with E-state index in [0.717, 1.165) is 11.3 Å². The molecular formula is C23H30O4Si. The molecule has 4 nitrogen and oxygen atoms in total. The Balaban J connectivity index is 2.36. The summed E-state index contributed by atoms with van der Waals surface area (Å²) in [7, 11) is -0.630. The summed E-state index contributed by atoms with van der Waals surface area (Å²) in [6.07, 6.45) is 3.00. The molecule has 2 rings (SSSR count). The van der Waals surface area contributed by atoms with Crippen molar-refractivity contribution in [2.45, 2.75) is 44.7 Å². The fourth-order valence-corrected chi connectivity index (χ4v) is 6.63. The van der Waals surface area contributed by atoms with Crippen molar-refractivity contribution in [3.8, 4) is 5.75 Å². The van der Waals surface area contributed by atoms with Gasteiger partial charge >= 0.3 is 5.97 Å². The van der Waals surface area contributed by atoms with Gasteiger partial charge < -0.3 is 14.6 Å². The second-order valence-corrected chi connectivity index (χ2v) is 12.6. The Morgan fingerprint density at radius 2 is 1.75 bits per heavy atom. The molecule has 0 saturated carbocycles. The van der Waals surface area contributed by atoms with Gasteiger partial charge in [0.15, 0.2) is 6.10 Å². The summed E-state index contributed by atoms with van der Waals surface area (Å²) >= 11 is 0. The van der Waals surface area contributed by atoms with Gasteiger partial charge in [-0.25, -0.2) is 4.79 Å². The lowest BCUT2D eigenvalue weighted by Gasteiger charge is -2.44. The molecule has 0 heterocycles. The molecule has 0 spiro atoms. The molecule has 28 heavy (non-hydrogen) atoms. The molecule has 0 saturated heterocycles. The Labute approximate surface area is 168 Å². The van der Waals surface area contributed by atoms with E-state index in [-0.39, 0.29) is 6.61 Å². The average Bonchev–Trinajstić information content (AvgIpc) is 2.69. The number of benzene rings is 2. The number of allylic oxidation sites excluding steroid dienone is 1. The third-order valence-electron chi connectivity index (χ3n) is 5.70. The normalized spacial score (nSPS) is 15.2.